The van der Waals surface area contributed by atoms with Crippen LogP contribution in [0.1, 0.15) is 16.2 Å². The highest BCUT2D eigenvalue weighted by molar-refractivity contribution is 7.97. The van der Waals surface area contributed by atoms with Crippen molar-refractivity contribution in [3.63, 3.8) is 0 Å². The number of carboxylic acid groups (broad SMARTS) is 1. The van der Waals surface area contributed by atoms with E-state index in [9.17, 15) is 4.79 Å². The van der Waals surface area contributed by atoms with Crippen LogP contribution in [-0.2, 0) is 5.75 Å². The first kappa shape index (κ1) is 11.7. The molecule has 5 nitrogen and oxygen atoms in total. The van der Waals surface area contributed by atoms with Crippen molar-refractivity contribution in [1.82, 2.24) is 10.1 Å². The Hall–Kier alpha value is -1.82. The number of nitrogens with zero attached hydrogens (tertiary/aromatic N) is 2. The molecule has 0 amide bonds. The second-order valence-corrected chi connectivity index (χ2v) is 4.20. The largest absolute Gasteiger partial charge is 0.478 e. The van der Waals surface area contributed by atoms with Crippen LogP contribution in [0.25, 0.3) is 11.5 Å². The lowest BCUT2D eigenvalue weighted by Crippen LogP contribution is -1.94. The van der Waals surface area contributed by atoms with E-state index in [1.165, 1.54) is 12.1 Å². The molecule has 0 saturated heterocycles. The fourth-order valence-corrected chi connectivity index (χ4v) is 1.69. The van der Waals surface area contributed by atoms with Crippen molar-refractivity contribution >= 4 is 17.7 Å². The molecule has 0 fully saturated rings. The quantitative estimate of drug-likeness (QED) is 0.897. The number of benzene rings is 1. The Morgan fingerprint density at radius 3 is 2.71 bits per heavy atom. The fraction of sp³-hybridized carbons (Fsp3) is 0.182. The van der Waals surface area contributed by atoms with Crippen LogP contribution in [-0.4, -0.2) is 27.5 Å². The normalized spacial score (nSPS) is 10.4. The predicted octanol–water partition coefficient (Wildman–Crippen LogP) is 2.30. The van der Waals surface area contributed by atoms with Gasteiger partial charge >= 0.3 is 5.97 Å². The third kappa shape index (κ3) is 2.65. The van der Waals surface area contributed by atoms with Gasteiger partial charge in [0.05, 0.1) is 11.3 Å². The van der Waals surface area contributed by atoms with E-state index in [-0.39, 0.29) is 5.56 Å². The minimum absolute atomic E-state index is 0.234. The van der Waals surface area contributed by atoms with Crippen molar-refractivity contribution in [2.75, 3.05) is 6.26 Å². The summed E-state index contributed by atoms with van der Waals surface area (Å²) < 4.78 is 5.08. The number of rotatable bonds is 4. The van der Waals surface area contributed by atoms with Crippen LogP contribution in [0, 0.1) is 0 Å². The molecular formula is C11H10N2O3S. The molecule has 1 aromatic carbocycles. The Bertz CT molecular complexity index is 522. The van der Waals surface area contributed by atoms with Gasteiger partial charge in [0, 0.05) is 5.56 Å². The van der Waals surface area contributed by atoms with Gasteiger partial charge in [0.1, 0.15) is 0 Å². The van der Waals surface area contributed by atoms with E-state index in [0.29, 0.717) is 17.5 Å². The smallest absolute Gasteiger partial charge is 0.335 e. The third-order valence-corrected chi connectivity index (χ3v) is 2.67. The van der Waals surface area contributed by atoms with Gasteiger partial charge in [0.25, 0.3) is 5.89 Å². The first-order valence-electron chi connectivity index (χ1n) is 4.86. The lowest BCUT2D eigenvalue weighted by atomic mass is 10.1. The SMILES string of the molecule is CSCc1noc(-c2ccc(C(=O)O)cc2)n1. The maximum absolute atomic E-state index is 10.7. The van der Waals surface area contributed by atoms with E-state index < -0.39 is 5.97 Å². The Labute approximate surface area is 102 Å². The average Bonchev–Trinajstić information content (AvgIpc) is 2.78. The molecule has 0 aliphatic rings. The van der Waals surface area contributed by atoms with Crippen molar-refractivity contribution in [3.8, 4) is 11.5 Å². The summed E-state index contributed by atoms with van der Waals surface area (Å²) in [5.41, 5.74) is 0.951. The lowest BCUT2D eigenvalue weighted by Gasteiger charge is -1.95. The van der Waals surface area contributed by atoms with Crippen molar-refractivity contribution in [2.45, 2.75) is 5.75 Å². The minimum Gasteiger partial charge on any atom is -0.478 e. The van der Waals surface area contributed by atoms with Crippen molar-refractivity contribution in [3.05, 3.63) is 35.7 Å². The number of aromatic carboxylic acids is 1. The first-order valence-corrected chi connectivity index (χ1v) is 6.25. The zero-order valence-corrected chi connectivity index (χ0v) is 9.90. The number of hydrogen-bond donors (Lipinski definition) is 1. The lowest BCUT2D eigenvalue weighted by molar-refractivity contribution is 0.0697. The molecule has 0 spiro atoms. The molecule has 0 unspecified atom stereocenters. The van der Waals surface area contributed by atoms with Crippen LogP contribution in [0.4, 0.5) is 0 Å². The van der Waals surface area contributed by atoms with Gasteiger partial charge in [-0.15, -0.1) is 0 Å². The monoisotopic (exact) mass is 250 g/mol. The number of thioether (sulfide) groups is 1. The zero-order chi connectivity index (χ0) is 12.3. The number of aromatic nitrogens is 2. The number of carbonyl (C=O) groups is 1. The number of carboxylic acids is 1. The topological polar surface area (TPSA) is 76.2 Å². The molecule has 0 saturated carbocycles. The second-order valence-electron chi connectivity index (χ2n) is 3.33. The van der Waals surface area contributed by atoms with Gasteiger partial charge < -0.3 is 9.63 Å². The molecule has 2 rings (SSSR count). The van der Waals surface area contributed by atoms with Crippen molar-refractivity contribution in [1.29, 1.82) is 0 Å². The highest BCUT2D eigenvalue weighted by atomic mass is 32.2. The first-order chi connectivity index (χ1) is 8.20. The summed E-state index contributed by atoms with van der Waals surface area (Å²) in [6.45, 7) is 0. The van der Waals surface area contributed by atoms with E-state index in [4.69, 9.17) is 9.63 Å². The highest BCUT2D eigenvalue weighted by Crippen LogP contribution is 2.18. The van der Waals surface area contributed by atoms with Crippen molar-refractivity contribution < 1.29 is 14.4 Å². The average molecular weight is 250 g/mol. The Balaban J connectivity index is 2.23. The maximum atomic E-state index is 10.7. The van der Waals surface area contributed by atoms with Crippen LogP contribution in [0.2, 0.25) is 0 Å². The Morgan fingerprint density at radius 2 is 2.12 bits per heavy atom. The molecule has 1 heterocycles. The summed E-state index contributed by atoms with van der Waals surface area (Å²) in [5.74, 6) is 0.780. The molecule has 1 aromatic heterocycles. The molecule has 2 aromatic rings. The van der Waals surface area contributed by atoms with E-state index in [0.717, 1.165) is 5.56 Å². The molecule has 0 aliphatic carbocycles. The Kier molecular flexibility index (Phi) is 3.43. The van der Waals surface area contributed by atoms with E-state index in [1.54, 1.807) is 23.9 Å². The molecule has 6 heteroatoms. The second kappa shape index (κ2) is 5.01. The summed E-state index contributed by atoms with van der Waals surface area (Å²) in [4.78, 5) is 14.9. The molecule has 1 N–H and O–H groups in total. The fourth-order valence-electron chi connectivity index (χ4n) is 1.31. The molecule has 0 bridgehead atoms. The van der Waals surface area contributed by atoms with Gasteiger partial charge in [-0.05, 0) is 30.5 Å². The summed E-state index contributed by atoms with van der Waals surface area (Å²) in [6, 6.07) is 6.33. The maximum Gasteiger partial charge on any atom is 0.335 e. The van der Waals surface area contributed by atoms with Crippen LogP contribution >= 0.6 is 11.8 Å². The standard InChI is InChI=1S/C11H10N2O3S/c1-17-6-9-12-10(16-13-9)7-2-4-8(5-3-7)11(14)15/h2-5H,6H2,1H3,(H,14,15). The van der Waals surface area contributed by atoms with Crippen molar-refractivity contribution in [2.24, 2.45) is 0 Å². The summed E-state index contributed by atoms with van der Waals surface area (Å²) in [6.07, 6.45) is 1.96. The molecule has 17 heavy (non-hydrogen) atoms. The van der Waals surface area contributed by atoms with Gasteiger partial charge in [-0.1, -0.05) is 5.16 Å². The van der Waals surface area contributed by atoms with Crippen LogP contribution < -0.4 is 0 Å². The van der Waals surface area contributed by atoms with E-state index in [1.807, 2.05) is 6.26 Å². The molecule has 0 radical (unpaired) electrons. The van der Waals surface area contributed by atoms with E-state index >= 15 is 0 Å². The molecule has 88 valence electrons. The van der Waals surface area contributed by atoms with Gasteiger partial charge in [-0.2, -0.15) is 16.7 Å². The van der Waals surface area contributed by atoms with Crippen LogP contribution in [0.15, 0.2) is 28.8 Å². The summed E-state index contributed by atoms with van der Waals surface area (Å²) in [7, 11) is 0. The molecule has 0 aliphatic heterocycles. The van der Waals surface area contributed by atoms with Crippen LogP contribution in [0.5, 0.6) is 0 Å². The number of hydrogen-bond acceptors (Lipinski definition) is 5. The summed E-state index contributed by atoms with van der Waals surface area (Å²) >= 11 is 1.61. The summed E-state index contributed by atoms with van der Waals surface area (Å²) in [5, 5.41) is 12.6. The molecular weight excluding hydrogens is 240 g/mol. The zero-order valence-electron chi connectivity index (χ0n) is 9.08. The van der Waals surface area contributed by atoms with Crippen LogP contribution in [0.3, 0.4) is 0 Å². The highest BCUT2D eigenvalue weighted by Gasteiger charge is 2.09. The molecule has 0 atom stereocenters. The van der Waals surface area contributed by atoms with Gasteiger partial charge in [0.15, 0.2) is 5.82 Å². The van der Waals surface area contributed by atoms with E-state index in [2.05, 4.69) is 10.1 Å². The third-order valence-electron chi connectivity index (χ3n) is 2.12. The van der Waals surface area contributed by atoms with Gasteiger partial charge in [-0.25, -0.2) is 4.79 Å². The Morgan fingerprint density at radius 1 is 1.41 bits per heavy atom. The van der Waals surface area contributed by atoms with Gasteiger partial charge in [0.2, 0.25) is 0 Å². The van der Waals surface area contributed by atoms with Gasteiger partial charge in [-0.3, -0.25) is 0 Å². The predicted molar refractivity (Wildman–Crippen MR) is 63.9 cm³/mol. The minimum atomic E-state index is -0.954.